The SMILES string of the molecule is CCC(CC)CC(C)(C)N. The van der Waals surface area contributed by atoms with Crippen LogP contribution in [-0.2, 0) is 0 Å². The molecule has 1 nitrogen and oxygen atoms in total. The van der Waals surface area contributed by atoms with Crippen molar-refractivity contribution in [3.63, 3.8) is 0 Å². The second-order valence-corrected chi connectivity index (χ2v) is 3.88. The molecule has 0 aliphatic rings. The van der Waals surface area contributed by atoms with Crippen molar-refractivity contribution in [1.82, 2.24) is 0 Å². The number of hydrogen-bond acceptors (Lipinski definition) is 1. The lowest BCUT2D eigenvalue weighted by Gasteiger charge is -2.23. The Bertz CT molecular complexity index is 77.2. The summed E-state index contributed by atoms with van der Waals surface area (Å²) in [5, 5.41) is 0. The summed E-state index contributed by atoms with van der Waals surface area (Å²) >= 11 is 0. The van der Waals surface area contributed by atoms with Crippen LogP contribution < -0.4 is 5.73 Å². The molecule has 62 valence electrons. The fourth-order valence-corrected chi connectivity index (χ4v) is 1.32. The van der Waals surface area contributed by atoms with Crippen LogP contribution in [0.5, 0.6) is 0 Å². The molecule has 0 bridgehead atoms. The monoisotopic (exact) mass is 143 g/mol. The normalized spacial score (nSPS) is 12.6. The zero-order valence-electron chi connectivity index (χ0n) is 7.78. The van der Waals surface area contributed by atoms with Crippen molar-refractivity contribution >= 4 is 0 Å². The Kier molecular flexibility index (Phi) is 3.95. The lowest BCUT2D eigenvalue weighted by atomic mass is 9.88. The molecule has 0 radical (unpaired) electrons. The molecule has 0 saturated heterocycles. The van der Waals surface area contributed by atoms with Crippen molar-refractivity contribution in [2.45, 2.75) is 52.5 Å². The number of rotatable bonds is 4. The largest absolute Gasteiger partial charge is 0.326 e. The van der Waals surface area contributed by atoms with E-state index in [0.717, 1.165) is 12.3 Å². The van der Waals surface area contributed by atoms with Gasteiger partial charge in [-0.05, 0) is 26.2 Å². The zero-order chi connectivity index (χ0) is 8.20. The molecule has 0 aliphatic carbocycles. The highest BCUT2D eigenvalue weighted by atomic mass is 14.7. The van der Waals surface area contributed by atoms with Gasteiger partial charge in [0.05, 0.1) is 0 Å². The van der Waals surface area contributed by atoms with Gasteiger partial charge in [-0.3, -0.25) is 0 Å². The first-order valence-corrected chi connectivity index (χ1v) is 4.28. The second kappa shape index (κ2) is 3.97. The first-order chi connectivity index (χ1) is 4.49. The molecule has 2 N–H and O–H groups in total. The van der Waals surface area contributed by atoms with Gasteiger partial charge in [-0.1, -0.05) is 26.7 Å². The summed E-state index contributed by atoms with van der Waals surface area (Å²) in [6.45, 7) is 8.68. The molecule has 0 spiro atoms. The molecule has 1 heteroatoms. The molecule has 0 aromatic rings. The molecule has 0 atom stereocenters. The van der Waals surface area contributed by atoms with Crippen LogP contribution >= 0.6 is 0 Å². The van der Waals surface area contributed by atoms with E-state index in [9.17, 15) is 0 Å². The Morgan fingerprint density at radius 3 is 1.70 bits per heavy atom. The van der Waals surface area contributed by atoms with Crippen molar-refractivity contribution in [3.8, 4) is 0 Å². The maximum Gasteiger partial charge on any atom is 0.00996 e. The van der Waals surface area contributed by atoms with Crippen LogP contribution in [0.1, 0.15) is 47.0 Å². The van der Waals surface area contributed by atoms with Gasteiger partial charge < -0.3 is 5.73 Å². The van der Waals surface area contributed by atoms with E-state index >= 15 is 0 Å². The molecule has 0 aromatic carbocycles. The fraction of sp³-hybridized carbons (Fsp3) is 1.00. The lowest BCUT2D eigenvalue weighted by Crippen LogP contribution is -2.34. The molecule has 10 heavy (non-hydrogen) atoms. The van der Waals surface area contributed by atoms with Crippen LogP contribution in [-0.4, -0.2) is 5.54 Å². The maximum absolute atomic E-state index is 5.89. The Morgan fingerprint density at radius 2 is 1.60 bits per heavy atom. The van der Waals surface area contributed by atoms with E-state index in [1.807, 2.05) is 0 Å². The second-order valence-electron chi connectivity index (χ2n) is 3.88. The van der Waals surface area contributed by atoms with Gasteiger partial charge in [-0.15, -0.1) is 0 Å². The smallest absolute Gasteiger partial charge is 0.00996 e. The van der Waals surface area contributed by atoms with E-state index in [1.165, 1.54) is 12.8 Å². The Balaban J connectivity index is 3.63. The summed E-state index contributed by atoms with van der Waals surface area (Å²) in [4.78, 5) is 0. The molecular weight excluding hydrogens is 122 g/mol. The van der Waals surface area contributed by atoms with Crippen molar-refractivity contribution in [2.24, 2.45) is 11.7 Å². The van der Waals surface area contributed by atoms with E-state index in [4.69, 9.17) is 5.73 Å². The molecular formula is C9H21N. The highest BCUT2D eigenvalue weighted by molar-refractivity contribution is 4.75. The quantitative estimate of drug-likeness (QED) is 0.643. The minimum atomic E-state index is 0.0245. The average molecular weight is 143 g/mol. The van der Waals surface area contributed by atoms with Crippen LogP contribution in [0.4, 0.5) is 0 Å². The van der Waals surface area contributed by atoms with Gasteiger partial charge in [0.25, 0.3) is 0 Å². The van der Waals surface area contributed by atoms with Crippen LogP contribution in [0.2, 0.25) is 0 Å². The van der Waals surface area contributed by atoms with Gasteiger partial charge in [-0.2, -0.15) is 0 Å². The maximum atomic E-state index is 5.89. The van der Waals surface area contributed by atoms with Gasteiger partial charge in [0.1, 0.15) is 0 Å². The fourth-order valence-electron chi connectivity index (χ4n) is 1.32. The Labute approximate surface area is 65.0 Å². The van der Waals surface area contributed by atoms with E-state index in [1.54, 1.807) is 0 Å². The molecule has 0 unspecified atom stereocenters. The first-order valence-electron chi connectivity index (χ1n) is 4.28. The van der Waals surface area contributed by atoms with Crippen molar-refractivity contribution in [2.75, 3.05) is 0 Å². The molecule has 0 heterocycles. The predicted molar refractivity (Wildman–Crippen MR) is 47.0 cm³/mol. The van der Waals surface area contributed by atoms with Crippen LogP contribution in [0.25, 0.3) is 0 Å². The summed E-state index contributed by atoms with van der Waals surface area (Å²) in [6, 6.07) is 0. The molecule has 0 saturated carbocycles. The van der Waals surface area contributed by atoms with Crippen LogP contribution in [0.15, 0.2) is 0 Å². The topological polar surface area (TPSA) is 26.0 Å². The van der Waals surface area contributed by atoms with Crippen LogP contribution in [0, 0.1) is 5.92 Å². The summed E-state index contributed by atoms with van der Waals surface area (Å²) in [5.74, 6) is 0.819. The molecule has 0 amide bonds. The van der Waals surface area contributed by atoms with E-state index < -0.39 is 0 Å². The number of hydrogen-bond donors (Lipinski definition) is 1. The summed E-state index contributed by atoms with van der Waals surface area (Å²) < 4.78 is 0. The summed E-state index contributed by atoms with van der Waals surface area (Å²) in [6.07, 6.45) is 3.67. The minimum absolute atomic E-state index is 0.0245. The van der Waals surface area contributed by atoms with E-state index in [0.29, 0.717) is 0 Å². The van der Waals surface area contributed by atoms with Gasteiger partial charge in [-0.25, -0.2) is 0 Å². The standard InChI is InChI=1S/C9H21N/c1-5-8(6-2)7-9(3,4)10/h8H,5-7,10H2,1-4H3. The van der Waals surface area contributed by atoms with Gasteiger partial charge in [0, 0.05) is 5.54 Å². The minimum Gasteiger partial charge on any atom is -0.326 e. The third-order valence-electron chi connectivity index (χ3n) is 1.97. The Hall–Kier alpha value is -0.0400. The Morgan fingerprint density at radius 1 is 1.20 bits per heavy atom. The van der Waals surface area contributed by atoms with Crippen LogP contribution in [0.3, 0.4) is 0 Å². The van der Waals surface area contributed by atoms with Crippen molar-refractivity contribution in [1.29, 1.82) is 0 Å². The van der Waals surface area contributed by atoms with E-state index in [-0.39, 0.29) is 5.54 Å². The van der Waals surface area contributed by atoms with Gasteiger partial charge >= 0.3 is 0 Å². The molecule has 0 fully saturated rings. The average Bonchev–Trinajstić information content (AvgIpc) is 1.81. The predicted octanol–water partition coefficient (Wildman–Crippen LogP) is 2.55. The van der Waals surface area contributed by atoms with E-state index in [2.05, 4.69) is 27.7 Å². The third-order valence-corrected chi connectivity index (χ3v) is 1.97. The zero-order valence-corrected chi connectivity index (χ0v) is 7.78. The summed E-state index contributed by atoms with van der Waals surface area (Å²) in [7, 11) is 0. The number of nitrogens with two attached hydrogens (primary N) is 1. The van der Waals surface area contributed by atoms with Crippen molar-refractivity contribution < 1.29 is 0 Å². The molecule has 0 aromatic heterocycles. The summed E-state index contributed by atoms with van der Waals surface area (Å²) in [5.41, 5.74) is 5.91. The molecule has 0 rings (SSSR count). The highest BCUT2D eigenvalue weighted by Gasteiger charge is 2.15. The van der Waals surface area contributed by atoms with Gasteiger partial charge in [0.2, 0.25) is 0 Å². The third kappa shape index (κ3) is 4.80. The van der Waals surface area contributed by atoms with Gasteiger partial charge in [0.15, 0.2) is 0 Å². The van der Waals surface area contributed by atoms with Crippen molar-refractivity contribution in [3.05, 3.63) is 0 Å². The first kappa shape index (κ1) is 9.96. The molecule has 0 aliphatic heterocycles. The lowest BCUT2D eigenvalue weighted by molar-refractivity contribution is 0.344. The highest BCUT2D eigenvalue weighted by Crippen LogP contribution is 2.19.